The first-order valence-corrected chi connectivity index (χ1v) is 6.71. The minimum absolute atomic E-state index is 0.0476. The zero-order valence-corrected chi connectivity index (χ0v) is 10.6. The zero-order valence-electron chi connectivity index (χ0n) is 9.04. The molecule has 0 atom stereocenters. The van der Waals surface area contributed by atoms with Crippen molar-refractivity contribution in [2.45, 2.75) is 4.90 Å². The molecular formula is C10H9ClN4O2S. The van der Waals surface area contributed by atoms with Crippen LogP contribution in [0.25, 0.3) is 0 Å². The molecule has 3 N–H and O–H groups in total. The summed E-state index contributed by atoms with van der Waals surface area (Å²) < 4.78 is 26.5. The average Bonchev–Trinajstić information content (AvgIpc) is 2.28. The molecule has 0 radical (unpaired) electrons. The molecule has 0 amide bonds. The maximum atomic E-state index is 12.1. The number of sulfonamides is 1. The van der Waals surface area contributed by atoms with Crippen LogP contribution in [0.3, 0.4) is 0 Å². The Hall–Kier alpha value is -1.86. The molecule has 0 aliphatic rings. The lowest BCUT2D eigenvalue weighted by molar-refractivity contribution is 0.601. The first-order valence-electron chi connectivity index (χ1n) is 4.85. The maximum absolute atomic E-state index is 12.1. The number of anilines is 2. The number of halogens is 1. The number of benzene rings is 1. The van der Waals surface area contributed by atoms with E-state index in [-0.39, 0.29) is 21.4 Å². The Labute approximate surface area is 109 Å². The third kappa shape index (κ3) is 2.52. The lowest BCUT2D eigenvalue weighted by atomic mass is 10.3. The lowest BCUT2D eigenvalue weighted by Gasteiger charge is -2.10. The molecule has 0 spiro atoms. The molecule has 1 aromatic carbocycles. The van der Waals surface area contributed by atoms with Gasteiger partial charge in [-0.25, -0.2) is 8.42 Å². The smallest absolute Gasteiger partial charge is 0.266 e. The maximum Gasteiger partial charge on any atom is 0.266 e. The summed E-state index contributed by atoms with van der Waals surface area (Å²) in [6.07, 6.45) is 1.43. The number of nitrogens with two attached hydrogens (primary N) is 1. The van der Waals surface area contributed by atoms with E-state index < -0.39 is 10.0 Å². The van der Waals surface area contributed by atoms with E-state index in [1.165, 1.54) is 24.4 Å². The van der Waals surface area contributed by atoms with Gasteiger partial charge in [-0.1, -0.05) is 17.7 Å². The molecule has 0 aliphatic carbocycles. The Morgan fingerprint density at radius 3 is 2.61 bits per heavy atom. The predicted octanol–water partition coefficient (Wildman–Crippen LogP) is 1.51. The summed E-state index contributed by atoms with van der Waals surface area (Å²) in [6, 6.07) is 7.50. The fourth-order valence-electron chi connectivity index (χ4n) is 1.35. The van der Waals surface area contributed by atoms with Gasteiger partial charge in [0.05, 0.1) is 10.7 Å². The van der Waals surface area contributed by atoms with Gasteiger partial charge >= 0.3 is 0 Å². The second-order valence-electron chi connectivity index (χ2n) is 3.37. The number of nitrogens with one attached hydrogen (secondary N) is 1. The van der Waals surface area contributed by atoms with Crippen LogP contribution in [0, 0.1) is 0 Å². The van der Waals surface area contributed by atoms with Crippen LogP contribution in [0.4, 0.5) is 11.5 Å². The van der Waals surface area contributed by atoms with Gasteiger partial charge in [-0.3, -0.25) is 4.72 Å². The molecule has 0 saturated carbocycles. The minimum atomic E-state index is -3.88. The van der Waals surface area contributed by atoms with Crippen molar-refractivity contribution in [3.63, 3.8) is 0 Å². The Morgan fingerprint density at radius 2 is 2.00 bits per heavy atom. The number of aromatic nitrogens is 2. The second kappa shape index (κ2) is 4.79. The summed E-state index contributed by atoms with van der Waals surface area (Å²) in [6.45, 7) is 0. The van der Waals surface area contributed by atoms with Crippen molar-refractivity contribution in [3.05, 3.63) is 41.6 Å². The first kappa shape index (κ1) is 12.6. The van der Waals surface area contributed by atoms with Crippen molar-refractivity contribution in [1.82, 2.24) is 10.2 Å². The van der Waals surface area contributed by atoms with Gasteiger partial charge in [-0.05, 0) is 24.3 Å². The van der Waals surface area contributed by atoms with Gasteiger partial charge in [0.1, 0.15) is 4.90 Å². The topological polar surface area (TPSA) is 98.0 Å². The number of hydrogen-bond donors (Lipinski definition) is 2. The van der Waals surface area contributed by atoms with Crippen molar-refractivity contribution < 1.29 is 8.42 Å². The predicted molar refractivity (Wildman–Crippen MR) is 68.7 cm³/mol. The summed E-state index contributed by atoms with van der Waals surface area (Å²) in [4.78, 5) is -0.169. The van der Waals surface area contributed by atoms with Crippen molar-refractivity contribution in [3.8, 4) is 0 Å². The van der Waals surface area contributed by atoms with Crippen LogP contribution in [0.5, 0.6) is 0 Å². The van der Waals surface area contributed by atoms with Gasteiger partial charge in [0, 0.05) is 6.20 Å². The molecule has 2 rings (SSSR count). The van der Waals surface area contributed by atoms with Gasteiger partial charge in [0.2, 0.25) is 0 Å². The monoisotopic (exact) mass is 284 g/mol. The van der Waals surface area contributed by atoms with E-state index >= 15 is 0 Å². The largest absolute Gasteiger partial charge is 0.398 e. The van der Waals surface area contributed by atoms with Crippen LogP contribution in [-0.2, 0) is 10.0 Å². The van der Waals surface area contributed by atoms with E-state index in [9.17, 15) is 8.42 Å². The summed E-state index contributed by atoms with van der Waals surface area (Å²) in [7, 11) is -3.88. The number of rotatable bonds is 3. The molecule has 0 saturated heterocycles. The third-order valence-electron chi connectivity index (χ3n) is 2.08. The zero-order chi connectivity index (χ0) is 13.2. The Balaban J connectivity index is 2.44. The second-order valence-corrected chi connectivity index (χ2v) is 5.40. The minimum Gasteiger partial charge on any atom is -0.398 e. The molecular weight excluding hydrogens is 276 g/mol. The van der Waals surface area contributed by atoms with Crippen LogP contribution in [0.2, 0.25) is 5.02 Å². The van der Waals surface area contributed by atoms with Crippen LogP contribution >= 0.6 is 11.6 Å². The Bertz CT molecular complexity index is 641. The summed E-state index contributed by atoms with van der Waals surface area (Å²) in [5.74, 6) is 0.0943. The van der Waals surface area contributed by atoms with E-state index in [1.807, 2.05) is 0 Å². The molecule has 18 heavy (non-hydrogen) atoms. The average molecular weight is 285 g/mol. The standard InChI is InChI=1S/C10H9ClN4O2S/c11-7-3-1-4-8(12)10(7)18(16,17)15-9-5-2-6-13-14-9/h1-6H,12H2,(H,14,15). The SMILES string of the molecule is Nc1cccc(Cl)c1S(=O)(=O)Nc1cccnn1. The van der Waals surface area contributed by atoms with Gasteiger partial charge in [-0.15, -0.1) is 5.10 Å². The third-order valence-corrected chi connectivity index (χ3v) is 3.98. The molecule has 1 aromatic heterocycles. The highest BCUT2D eigenvalue weighted by molar-refractivity contribution is 7.93. The van der Waals surface area contributed by atoms with Crippen molar-refractivity contribution in [2.75, 3.05) is 10.5 Å². The van der Waals surface area contributed by atoms with E-state index in [0.29, 0.717) is 0 Å². The van der Waals surface area contributed by atoms with E-state index in [2.05, 4.69) is 14.9 Å². The van der Waals surface area contributed by atoms with Crippen LogP contribution < -0.4 is 10.5 Å². The highest BCUT2D eigenvalue weighted by Crippen LogP contribution is 2.28. The molecule has 1 heterocycles. The highest BCUT2D eigenvalue weighted by atomic mass is 35.5. The fourth-order valence-corrected chi connectivity index (χ4v) is 3.03. The van der Waals surface area contributed by atoms with Gasteiger partial charge < -0.3 is 5.73 Å². The normalized spacial score (nSPS) is 11.2. The molecule has 6 nitrogen and oxygen atoms in total. The number of nitrogen functional groups attached to an aromatic ring is 1. The molecule has 0 aliphatic heterocycles. The molecule has 8 heteroatoms. The molecule has 2 aromatic rings. The quantitative estimate of drug-likeness (QED) is 0.833. The van der Waals surface area contributed by atoms with E-state index in [1.54, 1.807) is 12.1 Å². The summed E-state index contributed by atoms with van der Waals surface area (Å²) >= 11 is 5.85. The molecule has 94 valence electrons. The molecule has 0 unspecified atom stereocenters. The number of hydrogen-bond acceptors (Lipinski definition) is 5. The fraction of sp³-hybridized carbons (Fsp3) is 0. The molecule has 0 fully saturated rings. The van der Waals surface area contributed by atoms with E-state index in [0.717, 1.165) is 0 Å². The number of nitrogens with zero attached hydrogens (tertiary/aromatic N) is 2. The van der Waals surface area contributed by atoms with Crippen LogP contribution in [0.15, 0.2) is 41.4 Å². The van der Waals surface area contributed by atoms with Crippen molar-refractivity contribution in [2.24, 2.45) is 0 Å². The van der Waals surface area contributed by atoms with Gasteiger partial charge in [-0.2, -0.15) is 5.10 Å². The van der Waals surface area contributed by atoms with Gasteiger partial charge in [0.15, 0.2) is 5.82 Å². The van der Waals surface area contributed by atoms with Gasteiger partial charge in [0.25, 0.3) is 10.0 Å². The van der Waals surface area contributed by atoms with Crippen LogP contribution in [-0.4, -0.2) is 18.6 Å². The van der Waals surface area contributed by atoms with E-state index in [4.69, 9.17) is 17.3 Å². The van der Waals surface area contributed by atoms with Crippen molar-refractivity contribution in [1.29, 1.82) is 0 Å². The van der Waals surface area contributed by atoms with Crippen LogP contribution in [0.1, 0.15) is 0 Å². The summed E-state index contributed by atoms with van der Waals surface area (Å²) in [5, 5.41) is 7.24. The highest BCUT2D eigenvalue weighted by Gasteiger charge is 2.21. The molecule has 0 bridgehead atoms. The lowest BCUT2D eigenvalue weighted by Crippen LogP contribution is -2.16. The summed E-state index contributed by atoms with van der Waals surface area (Å²) in [5.41, 5.74) is 5.69. The Kier molecular flexibility index (Phi) is 3.35. The Morgan fingerprint density at radius 1 is 1.22 bits per heavy atom. The first-order chi connectivity index (χ1) is 8.50. The van der Waals surface area contributed by atoms with Crippen molar-refractivity contribution >= 4 is 33.1 Å².